The molecular formula is C24H29N3O3. The van der Waals surface area contributed by atoms with E-state index in [1.807, 2.05) is 66.4 Å². The average Bonchev–Trinajstić information content (AvgIpc) is 3.21. The Bertz CT molecular complexity index is 920. The molecule has 30 heavy (non-hydrogen) atoms. The van der Waals surface area contributed by atoms with Gasteiger partial charge in [0.1, 0.15) is 6.61 Å². The number of aromatic nitrogens is 2. The molecule has 1 aromatic heterocycles. The third-order valence-corrected chi connectivity index (χ3v) is 4.65. The quantitative estimate of drug-likeness (QED) is 0.501. The zero-order valence-electron chi connectivity index (χ0n) is 17.9. The van der Waals surface area contributed by atoms with Gasteiger partial charge >= 0.3 is 0 Å². The molecule has 1 heterocycles. The van der Waals surface area contributed by atoms with Gasteiger partial charge in [0.25, 0.3) is 0 Å². The lowest BCUT2D eigenvalue weighted by Crippen LogP contribution is -2.38. The van der Waals surface area contributed by atoms with Crippen LogP contribution in [0.3, 0.4) is 0 Å². The van der Waals surface area contributed by atoms with E-state index in [1.165, 1.54) is 5.56 Å². The highest BCUT2D eigenvalue weighted by Crippen LogP contribution is 2.16. The SMILES string of the molecule is Cc1ccc(-c2noc(CCN(CC(C)C)C(=O)COCc3ccccc3)n2)cc1. The third kappa shape index (κ3) is 6.52. The summed E-state index contributed by atoms with van der Waals surface area (Å²) < 4.78 is 11.0. The number of hydrogen-bond acceptors (Lipinski definition) is 5. The maximum Gasteiger partial charge on any atom is 0.248 e. The third-order valence-electron chi connectivity index (χ3n) is 4.65. The van der Waals surface area contributed by atoms with Crippen molar-refractivity contribution in [2.24, 2.45) is 5.92 Å². The van der Waals surface area contributed by atoms with Crippen LogP contribution in [0.25, 0.3) is 11.4 Å². The Morgan fingerprint density at radius 1 is 1.10 bits per heavy atom. The molecule has 158 valence electrons. The lowest BCUT2D eigenvalue weighted by Gasteiger charge is -2.24. The van der Waals surface area contributed by atoms with Gasteiger partial charge in [-0.1, -0.05) is 79.2 Å². The summed E-state index contributed by atoms with van der Waals surface area (Å²) in [5.41, 5.74) is 3.15. The van der Waals surface area contributed by atoms with E-state index in [9.17, 15) is 4.79 Å². The molecule has 0 aliphatic heterocycles. The van der Waals surface area contributed by atoms with E-state index in [4.69, 9.17) is 9.26 Å². The van der Waals surface area contributed by atoms with E-state index in [-0.39, 0.29) is 12.5 Å². The second kappa shape index (κ2) is 10.7. The molecule has 0 N–H and O–H groups in total. The Balaban J connectivity index is 1.54. The Hall–Kier alpha value is -2.99. The molecule has 3 aromatic rings. The average molecular weight is 408 g/mol. The van der Waals surface area contributed by atoms with Crippen molar-refractivity contribution in [3.05, 3.63) is 71.6 Å². The van der Waals surface area contributed by atoms with Crippen molar-refractivity contribution in [3.8, 4) is 11.4 Å². The van der Waals surface area contributed by atoms with E-state index in [2.05, 4.69) is 24.0 Å². The summed E-state index contributed by atoms with van der Waals surface area (Å²) in [6.45, 7) is 7.87. The van der Waals surface area contributed by atoms with E-state index in [0.29, 0.717) is 43.8 Å². The molecule has 0 radical (unpaired) electrons. The fraction of sp³-hybridized carbons (Fsp3) is 0.375. The summed E-state index contributed by atoms with van der Waals surface area (Å²) in [7, 11) is 0. The zero-order valence-corrected chi connectivity index (χ0v) is 17.9. The molecule has 6 heteroatoms. The fourth-order valence-electron chi connectivity index (χ4n) is 3.09. The number of hydrogen-bond donors (Lipinski definition) is 0. The molecule has 0 spiro atoms. The maximum absolute atomic E-state index is 12.7. The fourth-order valence-corrected chi connectivity index (χ4v) is 3.09. The van der Waals surface area contributed by atoms with Crippen molar-refractivity contribution in [1.29, 1.82) is 0 Å². The molecule has 0 unspecified atom stereocenters. The van der Waals surface area contributed by atoms with Gasteiger partial charge in [0.2, 0.25) is 17.6 Å². The Morgan fingerprint density at radius 3 is 2.53 bits per heavy atom. The van der Waals surface area contributed by atoms with Crippen LogP contribution in [0.4, 0.5) is 0 Å². The van der Waals surface area contributed by atoms with Crippen molar-refractivity contribution >= 4 is 5.91 Å². The zero-order chi connectivity index (χ0) is 21.3. The minimum Gasteiger partial charge on any atom is -0.367 e. The highest BCUT2D eigenvalue weighted by molar-refractivity contribution is 5.77. The first-order valence-corrected chi connectivity index (χ1v) is 10.3. The van der Waals surface area contributed by atoms with Crippen molar-refractivity contribution in [1.82, 2.24) is 15.0 Å². The molecule has 0 saturated carbocycles. The first-order chi connectivity index (χ1) is 14.5. The second-order valence-electron chi connectivity index (χ2n) is 7.84. The van der Waals surface area contributed by atoms with Crippen molar-refractivity contribution in [3.63, 3.8) is 0 Å². The van der Waals surface area contributed by atoms with Gasteiger partial charge in [0.15, 0.2) is 0 Å². The molecule has 0 bridgehead atoms. The van der Waals surface area contributed by atoms with Gasteiger partial charge in [0, 0.05) is 25.1 Å². The Kier molecular flexibility index (Phi) is 7.74. The summed E-state index contributed by atoms with van der Waals surface area (Å²) in [4.78, 5) is 19.0. The highest BCUT2D eigenvalue weighted by Gasteiger charge is 2.17. The first kappa shape index (κ1) is 21.7. The number of nitrogens with zero attached hydrogens (tertiary/aromatic N) is 3. The minimum absolute atomic E-state index is 0.0297. The largest absolute Gasteiger partial charge is 0.367 e. The van der Waals surface area contributed by atoms with Crippen LogP contribution in [0.15, 0.2) is 59.1 Å². The molecule has 0 atom stereocenters. The normalized spacial score (nSPS) is 11.1. The minimum atomic E-state index is -0.0297. The van der Waals surface area contributed by atoms with E-state index >= 15 is 0 Å². The van der Waals surface area contributed by atoms with Crippen molar-refractivity contribution in [2.45, 2.75) is 33.8 Å². The molecule has 0 fully saturated rings. The number of carbonyl (C=O) groups is 1. The van der Waals surface area contributed by atoms with Gasteiger partial charge in [-0.3, -0.25) is 4.79 Å². The van der Waals surface area contributed by atoms with Gasteiger partial charge in [0.05, 0.1) is 6.61 Å². The van der Waals surface area contributed by atoms with Crippen LogP contribution >= 0.6 is 0 Å². The van der Waals surface area contributed by atoms with Crippen LogP contribution in [-0.4, -0.2) is 40.6 Å². The molecule has 2 aromatic carbocycles. The van der Waals surface area contributed by atoms with Crippen LogP contribution < -0.4 is 0 Å². The van der Waals surface area contributed by atoms with E-state index in [0.717, 1.165) is 11.1 Å². The van der Waals surface area contributed by atoms with Crippen molar-refractivity contribution < 1.29 is 14.1 Å². The Morgan fingerprint density at radius 2 is 1.83 bits per heavy atom. The molecule has 0 saturated heterocycles. The molecule has 0 aliphatic carbocycles. The molecule has 1 amide bonds. The topological polar surface area (TPSA) is 68.5 Å². The first-order valence-electron chi connectivity index (χ1n) is 10.3. The van der Waals surface area contributed by atoms with Crippen LogP contribution in [0.1, 0.15) is 30.9 Å². The van der Waals surface area contributed by atoms with Crippen LogP contribution in [-0.2, 0) is 22.6 Å². The monoisotopic (exact) mass is 407 g/mol. The molecule has 0 aliphatic rings. The number of carbonyl (C=O) groups excluding carboxylic acids is 1. The summed E-state index contributed by atoms with van der Waals surface area (Å²) in [6.07, 6.45) is 0.510. The smallest absolute Gasteiger partial charge is 0.248 e. The predicted octanol–water partition coefficient (Wildman–Crippen LogP) is 4.29. The summed E-state index contributed by atoms with van der Waals surface area (Å²) in [6, 6.07) is 17.8. The van der Waals surface area contributed by atoms with Crippen LogP contribution in [0.5, 0.6) is 0 Å². The maximum atomic E-state index is 12.7. The van der Waals surface area contributed by atoms with Crippen molar-refractivity contribution in [2.75, 3.05) is 19.7 Å². The van der Waals surface area contributed by atoms with Gasteiger partial charge < -0.3 is 14.2 Å². The summed E-state index contributed by atoms with van der Waals surface area (Å²) >= 11 is 0. The van der Waals surface area contributed by atoms with Crippen LogP contribution in [0.2, 0.25) is 0 Å². The molecular weight excluding hydrogens is 378 g/mol. The number of aryl methyl sites for hydroxylation is 1. The number of amides is 1. The van der Waals surface area contributed by atoms with Gasteiger partial charge in [-0.15, -0.1) is 0 Å². The standard InChI is InChI=1S/C24H29N3O3/c1-18(2)15-27(23(28)17-29-16-20-7-5-4-6-8-20)14-13-22-25-24(26-30-22)21-11-9-19(3)10-12-21/h4-12,18H,13-17H2,1-3H3. The van der Waals surface area contributed by atoms with Gasteiger partial charge in [-0.05, 0) is 18.4 Å². The lowest BCUT2D eigenvalue weighted by atomic mass is 10.1. The van der Waals surface area contributed by atoms with Gasteiger partial charge in [-0.2, -0.15) is 4.98 Å². The van der Waals surface area contributed by atoms with E-state index < -0.39 is 0 Å². The molecule has 3 rings (SSSR count). The second-order valence-corrected chi connectivity index (χ2v) is 7.84. The summed E-state index contributed by atoms with van der Waals surface area (Å²) in [5.74, 6) is 1.42. The number of rotatable bonds is 10. The Labute approximate surface area is 177 Å². The van der Waals surface area contributed by atoms with E-state index in [1.54, 1.807) is 0 Å². The summed E-state index contributed by atoms with van der Waals surface area (Å²) in [5, 5.41) is 4.07. The number of benzene rings is 2. The highest BCUT2D eigenvalue weighted by atomic mass is 16.5. The molecule has 6 nitrogen and oxygen atoms in total. The number of ether oxygens (including phenoxy) is 1. The van der Waals surface area contributed by atoms with Crippen LogP contribution in [0, 0.1) is 12.8 Å². The van der Waals surface area contributed by atoms with Gasteiger partial charge in [-0.25, -0.2) is 0 Å². The predicted molar refractivity (Wildman–Crippen MR) is 116 cm³/mol. The lowest BCUT2D eigenvalue weighted by molar-refractivity contribution is -0.137.